The molecule has 0 spiro atoms. The predicted molar refractivity (Wildman–Crippen MR) is 81.8 cm³/mol. The standard InChI is InChI=1S/C14H12ClN3O2S/c15-13-2-1-12(21-13)11(19)7-17-14(20)9-3-4-18-8-16-6-10(18)5-9/h1-6,8,11,19H,7H2,(H,17,20). The number of nitrogens with one attached hydrogen (secondary N) is 1. The maximum atomic E-state index is 12.1. The molecule has 2 N–H and O–H groups in total. The highest BCUT2D eigenvalue weighted by molar-refractivity contribution is 7.16. The molecular weight excluding hydrogens is 310 g/mol. The van der Waals surface area contributed by atoms with Crippen LogP contribution in [0.3, 0.4) is 0 Å². The normalized spacial score (nSPS) is 12.5. The number of rotatable bonds is 4. The highest BCUT2D eigenvalue weighted by atomic mass is 35.5. The first-order chi connectivity index (χ1) is 10.1. The number of carbonyl (C=O) groups is 1. The molecule has 108 valence electrons. The molecule has 0 radical (unpaired) electrons. The number of pyridine rings is 1. The van der Waals surface area contributed by atoms with E-state index >= 15 is 0 Å². The van der Waals surface area contributed by atoms with Crippen LogP contribution in [-0.2, 0) is 0 Å². The van der Waals surface area contributed by atoms with Crippen LogP contribution in [0, 0.1) is 0 Å². The highest BCUT2D eigenvalue weighted by Crippen LogP contribution is 2.26. The Hall–Kier alpha value is -1.89. The molecular formula is C14H12ClN3O2S. The number of hydrogen-bond acceptors (Lipinski definition) is 4. The summed E-state index contributed by atoms with van der Waals surface area (Å²) in [6.07, 6.45) is 4.36. The summed E-state index contributed by atoms with van der Waals surface area (Å²) < 4.78 is 2.43. The van der Waals surface area contributed by atoms with Crippen molar-refractivity contribution in [1.29, 1.82) is 0 Å². The average Bonchev–Trinajstić information content (AvgIpc) is 3.12. The first kappa shape index (κ1) is 14.1. The van der Waals surface area contributed by atoms with E-state index < -0.39 is 6.10 Å². The number of amides is 1. The molecule has 7 heteroatoms. The van der Waals surface area contributed by atoms with Crippen LogP contribution < -0.4 is 5.32 Å². The van der Waals surface area contributed by atoms with Gasteiger partial charge in [-0.25, -0.2) is 4.98 Å². The Balaban J connectivity index is 1.65. The fraction of sp³-hybridized carbons (Fsp3) is 0.143. The molecule has 0 saturated heterocycles. The third kappa shape index (κ3) is 3.07. The molecule has 3 aromatic heterocycles. The van der Waals surface area contributed by atoms with Crippen molar-refractivity contribution in [1.82, 2.24) is 14.7 Å². The summed E-state index contributed by atoms with van der Waals surface area (Å²) >= 11 is 7.12. The molecule has 0 aliphatic heterocycles. The quantitative estimate of drug-likeness (QED) is 0.776. The van der Waals surface area contributed by atoms with Gasteiger partial charge >= 0.3 is 0 Å². The molecule has 0 saturated carbocycles. The maximum absolute atomic E-state index is 12.1. The van der Waals surface area contributed by atoms with Gasteiger partial charge in [0.1, 0.15) is 6.10 Å². The van der Waals surface area contributed by atoms with Crippen molar-refractivity contribution in [3.8, 4) is 0 Å². The molecule has 3 aromatic rings. The number of hydrogen-bond donors (Lipinski definition) is 2. The number of aliphatic hydroxyl groups is 1. The molecule has 1 atom stereocenters. The van der Waals surface area contributed by atoms with Crippen LogP contribution >= 0.6 is 22.9 Å². The van der Waals surface area contributed by atoms with E-state index in [0.717, 1.165) is 10.4 Å². The van der Waals surface area contributed by atoms with E-state index in [9.17, 15) is 9.90 Å². The van der Waals surface area contributed by atoms with Crippen molar-refractivity contribution in [2.45, 2.75) is 6.10 Å². The minimum atomic E-state index is -0.759. The molecule has 3 rings (SSSR count). The van der Waals surface area contributed by atoms with E-state index in [4.69, 9.17) is 11.6 Å². The summed E-state index contributed by atoms with van der Waals surface area (Å²) in [7, 11) is 0. The topological polar surface area (TPSA) is 66.6 Å². The van der Waals surface area contributed by atoms with Crippen LogP contribution in [0.4, 0.5) is 0 Å². The SMILES string of the molecule is O=C(NCC(O)c1ccc(Cl)s1)c1ccn2cncc2c1. The number of aliphatic hydroxyl groups excluding tert-OH is 1. The highest BCUT2D eigenvalue weighted by Gasteiger charge is 2.13. The van der Waals surface area contributed by atoms with Crippen molar-refractivity contribution in [3.63, 3.8) is 0 Å². The summed E-state index contributed by atoms with van der Waals surface area (Å²) in [5.74, 6) is -0.236. The van der Waals surface area contributed by atoms with Crippen LogP contribution in [0.15, 0.2) is 43.0 Å². The molecule has 3 heterocycles. The van der Waals surface area contributed by atoms with Crippen molar-refractivity contribution < 1.29 is 9.90 Å². The second kappa shape index (κ2) is 5.85. The number of nitrogens with zero attached hydrogens (tertiary/aromatic N) is 2. The Bertz CT molecular complexity index is 783. The number of thiophene rings is 1. The Kier molecular flexibility index (Phi) is 3.92. The number of fused-ring (bicyclic) bond motifs is 1. The van der Waals surface area contributed by atoms with Gasteiger partial charge < -0.3 is 14.8 Å². The van der Waals surface area contributed by atoms with Crippen molar-refractivity contribution >= 4 is 34.4 Å². The molecule has 0 aromatic carbocycles. The smallest absolute Gasteiger partial charge is 0.251 e. The Morgan fingerprint density at radius 3 is 3.10 bits per heavy atom. The van der Waals surface area contributed by atoms with E-state index in [1.165, 1.54) is 11.3 Å². The molecule has 0 bridgehead atoms. The Morgan fingerprint density at radius 1 is 1.48 bits per heavy atom. The Morgan fingerprint density at radius 2 is 2.33 bits per heavy atom. The average molecular weight is 322 g/mol. The van der Waals surface area contributed by atoms with Crippen LogP contribution in [-0.4, -0.2) is 26.9 Å². The van der Waals surface area contributed by atoms with Crippen molar-refractivity contribution in [2.24, 2.45) is 0 Å². The van der Waals surface area contributed by atoms with Gasteiger partial charge in [-0.1, -0.05) is 11.6 Å². The first-order valence-electron chi connectivity index (χ1n) is 6.27. The number of aromatic nitrogens is 2. The monoisotopic (exact) mass is 321 g/mol. The van der Waals surface area contributed by atoms with Gasteiger partial charge in [0.15, 0.2) is 0 Å². The number of carbonyl (C=O) groups excluding carboxylic acids is 1. The third-order valence-corrected chi connectivity index (χ3v) is 4.39. The molecule has 1 unspecified atom stereocenters. The number of imidazole rings is 1. The second-order valence-corrected chi connectivity index (χ2v) is 6.26. The maximum Gasteiger partial charge on any atom is 0.251 e. The minimum absolute atomic E-state index is 0.139. The van der Waals surface area contributed by atoms with Gasteiger partial charge in [-0.3, -0.25) is 4.79 Å². The minimum Gasteiger partial charge on any atom is -0.386 e. The lowest BCUT2D eigenvalue weighted by molar-refractivity contribution is 0.0918. The zero-order chi connectivity index (χ0) is 14.8. The summed E-state index contributed by atoms with van der Waals surface area (Å²) in [5.41, 5.74) is 1.37. The fourth-order valence-corrected chi connectivity index (χ4v) is 3.01. The van der Waals surface area contributed by atoms with Gasteiger partial charge in [-0.05, 0) is 24.3 Å². The van der Waals surface area contributed by atoms with Gasteiger partial charge in [0.2, 0.25) is 0 Å². The van der Waals surface area contributed by atoms with E-state index in [1.807, 2.05) is 4.40 Å². The third-order valence-electron chi connectivity index (χ3n) is 3.05. The summed E-state index contributed by atoms with van der Waals surface area (Å²) in [6, 6.07) is 6.93. The lowest BCUT2D eigenvalue weighted by Gasteiger charge is -2.10. The largest absolute Gasteiger partial charge is 0.386 e. The predicted octanol–water partition coefficient (Wildman–Crippen LogP) is 2.51. The first-order valence-corrected chi connectivity index (χ1v) is 7.46. The van der Waals surface area contributed by atoms with Crippen molar-refractivity contribution in [2.75, 3.05) is 6.54 Å². The Labute approximate surface area is 129 Å². The van der Waals surface area contributed by atoms with Crippen LogP contribution in [0.1, 0.15) is 21.3 Å². The number of halogens is 1. The lowest BCUT2D eigenvalue weighted by Crippen LogP contribution is -2.28. The molecule has 21 heavy (non-hydrogen) atoms. The van der Waals surface area contributed by atoms with E-state index in [0.29, 0.717) is 9.90 Å². The molecule has 0 aliphatic rings. The molecule has 0 fully saturated rings. The zero-order valence-corrected chi connectivity index (χ0v) is 12.4. The van der Waals surface area contributed by atoms with E-state index in [1.54, 1.807) is 43.0 Å². The summed E-state index contributed by atoms with van der Waals surface area (Å²) in [6.45, 7) is 0.139. The van der Waals surface area contributed by atoms with Gasteiger partial charge in [0.25, 0.3) is 5.91 Å². The molecule has 5 nitrogen and oxygen atoms in total. The van der Waals surface area contributed by atoms with E-state index in [2.05, 4.69) is 10.3 Å². The van der Waals surface area contributed by atoms with Gasteiger partial charge in [-0.15, -0.1) is 11.3 Å². The second-order valence-electron chi connectivity index (χ2n) is 4.51. The van der Waals surface area contributed by atoms with Crippen LogP contribution in [0.5, 0.6) is 0 Å². The van der Waals surface area contributed by atoms with Crippen LogP contribution in [0.2, 0.25) is 4.34 Å². The summed E-state index contributed by atoms with van der Waals surface area (Å²) in [4.78, 5) is 16.8. The summed E-state index contributed by atoms with van der Waals surface area (Å²) in [5, 5.41) is 12.7. The van der Waals surface area contributed by atoms with Crippen molar-refractivity contribution in [3.05, 3.63) is 57.8 Å². The molecule has 1 amide bonds. The zero-order valence-electron chi connectivity index (χ0n) is 10.9. The fourth-order valence-electron chi connectivity index (χ4n) is 1.96. The van der Waals surface area contributed by atoms with Gasteiger partial charge in [0.05, 0.1) is 22.4 Å². The van der Waals surface area contributed by atoms with Gasteiger partial charge in [0, 0.05) is 23.2 Å². The van der Waals surface area contributed by atoms with Crippen LogP contribution in [0.25, 0.3) is 5.52 Å². The lowest BCUT2D eigenvalue weighted by atomic mass is 10.2. The van der Waals surface area contributed by atoms with Gasteiger partial charge in [-0.2, -0.15) is 0 Å². The van der Waals surface area contributed by atoms with E-state index in [-0.39, 0.29) is 12.5 Å². The molecule has 0 aliphatic carbocycles.